The van der Waals surface area contributed by atoms with Crippen molar-refractivity contribution in [3.63, 3.8) is 0 Å². The predicted molar refractivity (Wildman–Crippen MR) is 76.3 cm³/mol. The maximum atomic E-state index is 10.2. The molecule has 0 aromatic carbocycles. The smallest absolute Gasteiger partial charge is 0.240 e. The molecule has 3 rings (SSSR count). The van der Waals surface area contributed by atoms with E-state index in [2.05, 4.69) is 16.0 Å². The van der Waals surface area contributed by atoms with Crippen LogP contribution in [0.1, 0.15) is 11.8 Å². The molecule has 2 aromatic heterocycles. The number of nitrogens with zero attached hydrogens (tertiary/aromatic N) is 3. The van der Waals surface area contributed by atoms with E-state index >= 15 is 0 Å². The predicted octanol–water partition coefficient (Wildman–Crippen LogP) is -1.95. The van der Waals surface area contributed by atoms with Crippen LogP contribution in [0.5, 0.6) is 0 Å². The van der Waals surface area contributed by atoms with Gasteiger partial charge < -0.3 is 31.5 Å². The SMILES string of the molecule is C#C[C@]1(CO)OC(c2ccc3c(N)nc(N)nn23)C(O)C1O. The van der Waals surface area contributed by atoms with E-state index in [-0.39, 0.29) is 11.8 Å². The van der Waals surface area contributed by atoms with Crippen molar-refractivity contribution in [1.82, 2.24) is 14.6 Å². The molecule has 22 heavy (non-hydrogen) atoms. The number of anilines is 2. The summed E-state index contributed by atoms with van der Waals surface area (Å²) in [7, 11) is 0. The number of ether oxygens (including phenoxy) is 1. The lowest BCUT2D eigenvalue weighted by atomic mass is 9.96. The van der Waals surface area contributed by atoms with Crippen LogP contribution < -0.4 is 11.5 Å². The third kappa shape index (κ3) is 1.83. The number of hydrogen-bond donors (Lipinski definition) is 5. The molecule has 9 heteroatoms. The molecule has 3 unspecified atom stereocenters. The highest BCUT2D eigenvalue weighted by atomic mass is 16.6. The summed E-state index contributed by atoms with van der Waals surface area (Å²) in [6.07, 6.45) is 1.53. The number of aliphatic hydroxyl groups is 3. The quantitative estimate of drug-likeness (QED) is 0.401. The fraction of sp³-hybridized carbons (Fsp3) is 0.385. The summed E-state index contributed by atoms with van der Waals surface area (Å²) in [5.41, 5.74) is 10.5. The molecule has 0 bridgehead atoms. The summed E-state index contributed by atoms with van der Waals surface area (Å²) in [6, 6.07) is 3.23. The summed E-state index contributed by atoms with van der Waals surface area (Å²) < 4.78 is 6.92. The Hall–Kier alpha value is -2.38. The zero-order valence-electron chi connectivity index (χ0n) is 11.4. The van der Waals surface area contributed by atoms with Gasteiger partial charge in [0, 0.05) is 0 Å². The summed E-state index contributed by atoms with van der Waals surface area (Å²) in [4.78, 5) is 3.84. The number of fused-ring (bicyclic) bond motifs is 1. The number of nitrogens with two attached hydrogens (primary N) is 2. The Morgan fingerprint density at radius 1 is 1.41 bits per heavy atom. The van der Waals surface area contributed by atoms with Gasteiger partial charge in [0.1, 0.15) is 23.8 Å². The van der Waals surface area contributed by atoms with Crippen molar-refractivity contribution in [1.29, 1.82) is 0 Å². The maximum Gasteiger partial charge on any atom is 0.240 e. The Bertz CT molecular complexity index is 770. The van der Waals surface area contributed by atoms with Crippen LogP contribution in [0.15, 0.2) is 12.1 Å². The second-order valence-corrected chi connectivity index (χ2v) is 5.08. The minimum absolute atomic E-state index is 0.0548. The van der Waals surface area contributed by atoms with Crippen LogP contribution in [0.4, 0.5) is 11.8 Å². The molecule has 2 aromatic rings. The van der Waals surface area contributed by atoms with E-state index in [9.17, 15) is 15.3 Å². The Kier molecular flexibility index (Phi) is 3.19. The van der Waals surface area contributed by atoms with Gasteiger partial charge in [-0.2, -0.15) is 4.98 Å². The van der Waals surface area contributed by atoms with Crippen molar-refractivity contribution in [3.8, 4) is 12.3 Å². The third-order valence-corrected chi connectivity index (χ3v) is 3.80. The molecule has 0 aliphatic carbocycles. The summed E-state index contributed by atoms with van der Waals surface area (Å²) in [5, 5.41) is 33.7. The molecular weight excluding hydrogens is 290 g/mol. The van der Waals surface area contributed by atoms with Gasteiger partial charge in [0.25, 0.3) is 0 Å². The molecule has 9 nitrogen and oxygen atoms in total. The first-order chi connectivity index (χ1) is 10.4. The topological polar surface area (TPSA) is 152 Å². The zero-order valence-corrected chi connectivity index (χ0v) is 11.4. The molecule has 1 aliphatic heterocycles. The fourth-order valence-corrected chi connectivity index (χ4v) is 2.61. The molecular formula is C13H15N5O4. The third-order valence-electron chi connectivity index (χ3n) is 3.80. The number of nitrogen functional groups attached to an aromatic ring is 2. The van der Waals surface area contributed by atoms with Crippen LogP contribution in [0, 0.1) is 12.3 Å². The highest BCUT2D eigenvalue weighted by Crippen LogP contribution is 2.40. The molecule has 4 atom stereocenters. The van der Waals surface area contributed by atoms with Gasteiger partial charge in [-0.3, -0.25) is 0 Å². The molecule has 1 aliphatic rings. The van der Waals surface area contributed by atoms with Crippen molar-refractivity contribution in [2.24, 2.45) is 0 Å². The molecule has 3 heterocycles. The molecule has 0 radical (unpaired) electrons. The zero-order chi connectivity index (χ0) is 16.1. The van der Waals surface area contributed by atoms with Gasteiger partial charge in [-0.05, 0) is 12.1 Å². The number of aliphatic hydroxyl groups excluding tert-OH is 3. The van der Waals surface area contributed by atoms with Crippen LogP contribution in [-0.2, 0) is 4.74 Å². The largest absolute Gasteiger partial charge is 0.392 e. The van der Waals surface area contributed by atoms with Crippen LogP contribution >= 0.6 is 0 Å². The lowest BCUT2D eigenvalue weighted by molar-refractivity contribution is -0.0732. The number of terminal acetylenes is 1. The summed E-state index contributed by atoms with van der Waals surface area (Å²) >= 11 is 0. The van der Waals surface area contributed by atoms with Crippen LogP contribution in [0.3, 0.4) is 0 Å². The number of aromatic nitrogens is 3. The maximum absolute atomic E-state index is 10.2. The fourth-order valence-electron chi connectivity index (χ4n) is 2.61. The second-order valence-electron chi connectivity index (χ2n) is 5.08. The van der Waals surface area contributed by atoms with Gasteiger partial charge in [0.2, 0.25) is 5.95 Å². The van der Waals surface area contributed by atoms with Gasteiger partial charge in [-0.1, -0.05) is 5.92 Å². The molecule has 0 spiro atoms. The van der Waals surface area contributed by atoms with Gasteiger partial charge in [-0.15, -0.1) is 11.5 Å². The minimum Gasteiger partial charge on any atom is -0.392 e. The first-order valence-corrected chi connectivity index (χ1v) is 6.46. The van der Waals surface area contributed by atoms with E-state index in [1.165, 1.54) is 4.52 Å². The summed E-state index contributed by atoms with van der Waals surface area (Å²) in [6.45, 7) is -0.638. The van der Waals surface area contributed by atoms with Gasteiger partial charge in [0.15, 0.2) is 11.4 Å². The first-order valence-electron chi connectivity index (χ1n) is 6.46. The lowest BCUT2D eigenvalue weighted by Gasteiger charge is -2.23. The normalized spacial score (nSPS) is 31.5. The van der Waals surface area contributed by atoms with Gasteiger partial charge in [-0.25, -0.2) is 4.52 Å². The van der Waals surface area contributed by atoms with E-state index in [0.717, 1.165) is 0 Å². The van der Waals surface area contributed by atoms with Crippen molar-refractivity contribution >= 4 is 17.3 Å². The average Bonchev–Trinajstić information content (AvgIpc) is 3.01. The van der Waals surface area contributed by atoms with E-state index < -0.39 is 30.5 Å². The first kappa shape index (κ1) is 14.6. The number of rotatable bonds is 2. The van der Waals surface area contributed by atoms with E-state index in [1.807, 2.05) is 0 Å². The van der Waals surface area contributed by atoms with Crippen molar-refractivity contribution in [2.45, 2.75) is 23.9 Å². The highest BCUT2D eigenvalue weighted by Gasteiger charge is 2.54. The van der Waals surface area contributed by atoms with Gasteiger partial charge in [0.05, 0.1) is 12.3 Å². The van der Waals surface area contributed by atoms with Crippen LogP contribution in [0.2, 0.25) is 0 Å². The molecule has 0 saturated carbocycles. The highest BCUT2D eigenvalue weighted by molar-refractivity contribution is 5.67. The molecule has 1 saturated heterocycles. The lowest BCUT2D eigenvalue weighted by Crippen LogP contribution is -2.44. The van der Waals surface area contributed by atoms with E-state index in [1.54, 1.807) is 12.1 Å². The van der Waals surface area contributed by atoms with Crippen molar-refractivity contribution < 1.29 is 20.1 Å². The minimum atomic E-state index is -1.68. The van der Waals surface area contributed by atoms with Crippen molar-refractivity contribution in [3.05, 3.63) is 17.8 Å². The Labute approximate surface area is 125 Å². The van der Waals surface area contributed by atoms with Gasteiger partial charge >= 0.3 is 0 Å². The molecule has 116 valence electrons. The standard InChI is InChI=1S/C13H15N5O4/c1-2-13(5-19)10(21)8(20)9(22-13)6-3-4-7-11(14)16-12(15)17-18(6)7/h1,3-4,8-10,19-21H,5H2,(H4,14,15,16,17)/t8?,9?,10?,13-/m1/s1. The Balaban J connectivity index is 2.11. The van der Waals surface area contributed by atoms with Crippen LogP contribution in [0.25, 0.3) is 5.52 Å². The average molecular weight is 305 g/mol. The number of hydrogen-bond acceptors (Lipinski definition) is 8. The monoisotopic (exact) mass is 305 g/mol. The van der Waals surface area contributed by atoms with E-state index in [0.29, 0.717) is 11.2 Å². The Morgan fingerprint density at radius 2 is 2.14 bits per heavy atom. The van der Waals surface area contributed by atoms with Crippen molar-refractivity contribution in [2.75, 3.05) is 18.1 Å². The second kappa shape index (κ2) is 4.82. The Morgan fingerprint density at radius 3 is 2.73 bits per heavy atom. The molecule has 0 amide bonds. The van der Waals surface area contributed by atoms with E-state index in [4.69, 9.17) is 22.6 Å². The molecule has 7 N–H and O–H groups in total. The summed E-state index contributed by atoms with van der Waals surface area (Å²) in [5.74, 6) is 2.31. The van der Waals surface area contributed by atoms with Crippen LogP contribution in [-0.4, -0.2) is 54.3 Å². The molecule has 1 fully saturated rings.